The number of hydrogen-bond donors (Lipinski definition) is 1. The highest BCUT2D eigenvalue weighted by atomic mass is 16.5. The predicted octanol–water partition coefficient (Wildman–Crippen LogP) is 4.00. The second kappa shape index (κ2) is 8.02. The average Bonchev–Trinajstić information content (AvgIpc) is 2.56. The number of methoxy groups -OCH3 is 1. The van der Waals surface area contributed by atoms with Gasteiger partial charge in [-0.3, -0.25) is 0 Å². The van der Waals surface area contributed by atoms with Gasteiger partial charge in [0.05, 0.1) is 13.7 Å². The first kappa shape index (κ1) is 17.4. The summed E-state index contributed by atoms with van der Waals surface area (Å²) >= 11 is 0. The van der Waals surface area contributed by atoms with Crippen LogP contribution in [0.25, 0.3) is 0 Å². The Labute approximate surface area is 139 Å². The van der Waals surface area contributed by atoms with Crippen molar-refractivity contribution in [3.8, 4) is 11.5 Å². The molecule has 124 valence electrons. The monoisotopic (exact) mass is 313 g/mol. The Morgan fingerprint density at radius 1 is 1.00 bits per heavy atom. The maximum atomic E-state index is 6.04. The maximum Gasteiger partial charge on any atom is 0.161 e. The lowest BCUT2D eigenvalue weighted by molar-refractivity contribution is 0.310. The quantitative estimate of drug-likeness (QED) is 0.840. The van der Waals surface area contributed by atoms with Crippen LogP contribution in [0.15, 0.2) is 36.4 Å². The lowest BCUT2D eigenvalue weighted by Crippen LogP contribution is -2.15. The van der Waals surface area contributed by atoms with E-state index in [9.17, 15) is 0 Å². The molecule has 2 aromatic carbocycles. The highest BCUT2D eigenvalue weighted by Gasteiger charge is 2.13. The smallest absolute Gasteiger partial charge is 0.161 e. The first-order valence-corrected chi connectivity index (χ1v) is 8.16. The molecule has 0 saturated heterocycles. The minimum absolute atomic E-state index is 0.303. The summed E-state index contributed by atoms with van der Waals surface area (Å²) in [5.41, 5.74) is 11.2. The number of hydrogen-bond acceptors (Lipinski definition) is 3. The van der Waals surface area contributed by atoms with Crippen LogP contribution in [0.1, 0.15) is 35.1 Å². The van der Waals surface area contributed by atoms with E-state index < -0.39 is 0 Å². The van der Waals surface area contributed by atoms with E-state index in [-0.39, 0.29) is 0 Å². The minimum Gasteiger partial charge on any atom is -0.493 e. The van der Waals surface area contributed by atoms with Crippen LogP contribution in [0.4, 0.5) is 0 Å². The topological polar surface area (TPSA) is 44.5 Å². The van der Waals surface area contributed by atoms with E-state index in [1.54, 1.807) is 7.11 Å². The molecule has 2 aromatic rings. The molecule has 0 amide bonds. The lowest BCUT2D eigenvalue weighted by Gasteiger charge is -2.18. The minimum atomic E-state index is 0.303. The molecule has 23 heavy (non-hydrogen) atoms. The van der Waals surface area contributed by atoms with E-state index in [1.807, 2.05) is 13.0 Å². The van der Waals surface area contributed by atoms with Crippen LogP contribution in [-0.4, -0.2) is 20.3 Å². The van der Waals surface area contributed by atoms with Gasteiger partial charge >= 0.3 is 0 Å². The summed E-state index contributed by atoms with van der Waals surface area (Å²) in [7, 11) is 1.66. The van der Waals surface area contributed by atoms with Crippen molar-refractivity contribution >= 4 is 0 Å². The Hall–Kier alpha value is -2.00. The van der Waals surface area contributed by atoms with Crippen molar-refractivity contribution in [2.75, 3.05) is 20.3 Å². The van der Waals surface area contributed by atoms with Gasteiger partial charge in [0.1, 0.15) is 0 Å². The molecule has 2 N–H and O–H groups in total. The summed E-state index contributed by atoms with van der Waals surface area (Å²) in [6.07, 6.45) is 0.892. The zero-order chi connectivity index (χ0) is 16.8. The number of ether oxygens (including phenoxy) is 2. The van der Waals surface area contributed by atoms with Crippen LogP contribution in [0.3, 0.4) is 0 Å². The number of aryl methyl sites for hydroxylation is 2. The van der Waals surface area contributed by atoms with Gasteiger partial charge in [-0.1, -0.05) is 24.3 Å². The molecular formula is C20H27NO2. The van der Waals surface area contributed by atoms with Crippen molar-refractivity contribution in [2.24, 2.45) is 5.73 Å². The Morgan fingerprint density at radius 3 is 2.39 bits per heavy atom. The molecule has 0 bridgehead atoms. The fourth-order valence-corrected chi connectivity index (χ4v) is 2.76. The van der Waals surface area contributed by atoms with E-state index in [0.717, 1.165) is 17.9 Å². The summed E-state index contributed by atoms with van der Waals surface area (Å²) in [6, 6.07) is 12.7. The summed E-state index contributed by atoms with van der Waals surface area (Å²) < 4.78 is 11.0. The zero-order valence-electron chi connectivity index (χ0n) is 14.6. The Morgan fingerprint density at radius 2 is 1.78 bits per heavy atom. The third-order valence-corrected chi connectivity index (χ3v) is 4.30. The van der Waals surface area contributed by atoms with Crippen molar-refractivity contribution in [2.45, 2.75) is 33.1 Å². The van der Waals surface area contributed by atoms with E-state index in [4.69, 9.17) is 15.2 Å². The first-order valence-electron chi connectivity index (χ1n) is 8.16. The molecule has 0 heterocycles. The van der Waals surface area contributed by atoms with Crippen LogP contribution in [0.2, 0.25) is 0 Å². The maximum absolute atomic E-state index is 6.04. The van der Waals surface area contributed by atoms with Crippen molar-refractivity contribution < 1.29 is 9.47 Å². The predicted molar refractivity (Wildman–Crippen MR) is 95.6 cm³/mol. The standard InChI is InChI=1S/C20H27NO2/c1-5-23-20-12-16(7-9-19(20)22-4)11-18(13-21)17-8-6-14(2)15(3)10-17/h6-10,12,18H,5,11,13,21H2,1-4H3. The van der Waals surface area contributed by atoms with Crippen molar-refractivity contribution in [1.82, 2.24) is 0 Å². The van der Waals surface area contributed by atoms with Crippen LogP contribution in [0, 0.1) is 13.8 Å². The normalized spacial score (nSPS) is 12.0. The summed E-state index contributed by atoms with van der Waals surface area (Å²) in [5, 5.41) is 0. The van der Waals surface area contributed by atoms with E-state index >= 15 is 0 Å². The summed E-state index contributed by atoms with van der Waals surface area (Å²) in [5.74, 6) is 1.87. The second-order valence-corrected chi connectivity index (χ2v) is 5.90. The van der Waals surface area contributed by atoms with E-state index in [1.165, 1.54) is 22.3 Å². The highest BCUT2D eigenvalue weighted by molar-refractivity contribution is 5.43. The molecule has 1 atom stereocenters. The van der Waals surface area contributed by atoms with Gasteiger partial charge in [-0.25, -0.2) is 0 Å². The average molecular weight is 313 g/mol. The number of nitrogens with two attached hydrogens (primary N) is 1. The van der Waals surface area contributed by atoms with Crippen LogP contribution in [-0.2, 0) is 6.42 Å². The third-order valence-electron chi connectivity index (χ3n) is 4.30. The Kier molecular flexibility index (Phi) is 6.05. The molecule has 3 heteroatoms. The van der Waals surface area contributed by atoms with Gasteiger partial charge in [-0.2, -0.15) is 0 Å². The molecule has 0 saturated carbocycles. The van der Waals surface area contributed by atoms with Gasteiger partial charge in [0.15, 0.2) is 11.5 Å². The lowest BCUT2D eigenvalue weighted by atomic mass is 9.90. The van der Waals surface area contributed by atoms with E-state index in [2.05, 4.69) is 44.2 Å². The molecular weight excluding hydrogens is 286 g/mol. The molecule has 0 aliphatic rings. The fourth-order valence-electron chi connectivity index (χ4n) is 2.76. The number of rotatable bonds is 7. The molecule has 0 fully saturated rings. The second-order valence-electron chi connectivity index (χ2n) is 5.90. The molecule has 1 unspecified atom stereocenters. The molecule has 0 spiro atoms. The van der Waals surface area contributed by atoms with Crippen molar-refractivity contribution in [3.63, 3.8) is 0 Å². The van der Waals surface area contributed by atoms with Crippen LogP contribution in [0.5, 0.6) is 11.5 Å². The van der Waals surface area contributed by atoms with Gasteiger partial charge in [0.25, 0.3) is 0 Å². The van der Waals surface area contributed by atoms with Crippen LogP contribution >= 0.6 is 0 Å². The molecule has 0 aliphatic carbocycles. The van der Waals surface area contributed by atoms with E-state index in [0.29, 0.717) is 19.1 Å². The van der Waals surface area contributed by atoms with Crippen molar-refractivity contribution in [1.29, 1.82) is 0 Å². The summed E-state index contributed by atoms with van der Waals surface area (Å²) in [6.45, 7) is 7.50. The third kappa shape index (κ3) is 4.26. The van der Waals surface area contributed by atoms with Gasteiger partial charge < -0.3 is 15.2 Å². The number of benzene rings is 2. The first-order chi connectivity index (χ1) is 11.1. The van der Waals surface area contributed by atoms with Crippen molar-refractivity contribution in [3.05, 3.63) is 58.7 Å². The Balaban J connectivity index is 2.24. The van der Waals surface area contributed by atoms with Gasteiger partial charge in [0.2, 0.25) is 0 Å². The van der Waals surface area contributed by atoms with Gasteiger partial charge in [-0.15, -0.1) is 0 Å². The molecule has 0 aromatic heterocycles. The summed E-state index contributed by atoms with van der Waals surface area (Å²) in [4.78, 5) is 0. The molecule has 0 aliphatic heterocycles. The molecule has 3 nitrogen and oxygen atoms in total. The molecule has 0 radical (unpaired) electrons. The SMILES string of the molecule is CCOc1cc(CC(CN)c2ccc(C)c(C)c2)ccc1OC. The molecule has 2 rings (SSSR count). The zero-order valence-corrected chi connectivity index (χ0v) is 14.6. The van der Waals surface area contributed by atoms with Gasteiger partial charge in [0, 0.05) is 5.92 Å². The highest BCUT2D eigenvalue weighted by Crippen LogP contribution is 2.30. The van der Waals surface area contributed by atoms with Gasteiger partial charge in [-0.05, 0) is 68.1 Å². The fraction of sp³-hybridized carbons (Fsp3) is 0.400. The Bertz CT molecular complexity index is 652. The largest absolute Gasteiger partial charge is 0.493 e. The van der Waals surface area contributed by atoms with Crippen LogP contribution < -0.4 is 15.2 Å².